The Balaban J connectivity index is 1.84. The smallest absolute Gasteiger partial charge is 0.321 e. The van der Waals surface area contributed by atoms with E-state index in [-0.39, 0.29) is 23.0 Å². The molecule has 0 aliphatic carbocycles. The third kappa shape index (κ3) is 20.5. The molecule has 6 bridgehead atoms. The van der Waals surface area contributed by atoms with Crippen LogP contribution < -0.4 is 11.5 Å². The molecule has 24 atom stereocenters. The first kappa shape index (κ1) is 76.4. The van der Waals surface area contributed by atoms with Gasteiger partial charge < -0.3 is 181 Å². The molecule has 38 nitrogen and oxygen atoms in total. The Morgan fingerprint density at radius 3 is 1.20 bits per heavy atom. The summed E-state index contributed by atoms with van der Waals surface area (Å²) in [5.74, 6) is -16.6. The van der Waals surface area contributed by atoms with E-state index in [4.69, 9.17) is 58.8 Å². The molecule has 7 aliphatic heterocycles. The first-order chi connectivity index (χ1) is 41.5. The summed E-state index contributed by atoms with van der Waals surface area (Å²) in [5, 5.41) is 258. The molecular weight excluding hydrogens is 1240 g/mol. The summed E-state index contributed by atoms with van der Waals surface area (Å²) >= 11 is 1.58. The van der Waals surface area contributed by atoms with Gasteiger partial charge in [-0.2, -0.15) is 23.5 Å². The third-order valence-corrected chi connectivity index (χ3v) is 15.9. The Morgan fingerprint density at radius 1 is 0.420 bits per heavy atom. The van der Waals surface area contributed by atoms with Crippen molar-refractivity contribution in [3.63, 3.8) is 0 Å². The molecular formula is C48H80N2O36S2. The van der Waals surface area contributed by atoms with Crippen molar-refractivity contribution < 1.29 is 180 Å². The predicted octanol–water partition coefficient (Wildman–Crippen LogP) is -7.54. The summed E-state index contributed by atoms with van der Waals surface area (Å²) in [6.45, 7) is -5.02. The van der Waals surface area contributed by atoms with Crippen LogP contribution in [0.2, 0.25) is 0 Å². The number of hydrogen-bond acceptors (Lipinski definition) is 38. The van der Waals surface area contributed by atoms with E-state index >= 15 is 0 Å². The lowest BCUT2D eigenvalue weighted by atomic mass is 9.97. The van der Waals surface area contributed by atoms with E-state index in [0.29, 0.717) is 0 Å². The highest BCUT2D eigenvalue weighted by molar-refractivity contribution is 7.99. The van der Waals surface area contributed by atoms with Crippen molar-refractivity contribution in [2.45, 2.75) is 180 Å². The van der Waals surface area contributed by atoms with E-state index in [1.165, 1.54) is 0 Å². The fourth-order valence-electron chi connectivity index (χ4n) is 8.79. The first-order valence-electron chi connectivity index (χ1n) is 26.8. The Labute approximate surface area is 507 Å². The average molecular weight is 1330 g/mol. The summed E-state index contributed by atoms with van der Waals surface area (Å²) in [6.07, 6.45) is -50.9. The molecule has 7 aliphatic rings. The van der Waals surface area contributed by atoms with Gasteiger partial charge in [-0.1, -0.05) is 0 Å². The second-order valence-electron chi connectivity index (χ2n) is 19.9. The largest absolute Gasteiger partial charge is 0.506 e. The van der Waals surface area contributed by atoms with E-state index in [1.807, 2.05) is 0 Å². The lowest BCUT2D eigenvalue weighted by molar-refractivity contribution is -0.366. The van der Waals surface area contributed by atoms with Crippen molar-refractivity contribution in [3.8, 4) is 0 Å². The Hall–Kier alpha value is -4.04. The van der Waals surface area contributed by atoms with Gasteiger partial charge >= 0.3 is 11.9 Å². The van der Waals surface area contributed by atoms with Crippen LogP contribution in [0.4, 0.5) is 0 Å². The van der Waals surface area contributed by atoms with Gasteiger partial charge in [0.1, 0.15) is 91.4 Å². The second kappa shape index (κ2) is 36.3. The number of aliphatic hydroxyl groups is 22. The van der Waals surface area contributed by atoms with Crippen LogP contribution >= 0.6 is 23.5 Å². The maximum absolute atomic E-state index is 11.6. The minimum Gasteiger partial charge on any atom is -0.506 e. The van der Waals surface area contributed by atoms with Crippen LogP contribution in [0.5, 0.6) is 0 Å². The topological polar surface area (TPSA) is 664 Å². The van der Waals surface area contributed by atoms with Crippen LogP contribution in [0, 0.1) is 0 Å². The molecule has 3 saturated heterocycles. The molecule has 0 aromatic heterocycles. The zero-order chi connectivity index (χ0) is 66.0. The molecule has 88 heavy (non-hydrogen) atoms. The fraction of sp³-hybridized carbons (Fsp3) is 0.792. The van der Waals surface area contributed by atoms with Crippen LogP contribution in [-0.4, -0.2) is 338 Å². The number of rotatable bonds is 19. The quantitative estimate of drug-likeness (QED) is 0.0534. The summed E-state index contributed by atoms with van der Waals surface area (Å²) in [5.41, 5.74) is 11.2. The molecule has 28 N–H and O–H groups in total. The molecule has 7 heterocycles. The van der Waals surface area contributed by atoms with Crippen LogP contribution in [0.3, 0.4) is 0 Å². The number of carbonyl (C=O) groups is 2. The minimum absolute atomic E-state index is 0.305. The van der Waals surface area contributed by atoms with E-state index in [9.17, 15) is 132 Å². The first-order valence-corrected chi connectivity index (χ1v) is 29.1. The molecule has 0 saturated carbocycles. The second-order valence-corrected chi connectivity index (χ2v) is 22.2. The number of hydrogen-bond donors (Lipinski definition) is 26. The van der Waals surface area contributed by atoms with Crippen molar-refractivity contribution in [2.24, 2.45) is 11.5 Å². The molecule has 7 rings (SSSR count). The number of fused-ring (bicyclic) bond motifs is 3. The fourth-order valence-corrected chi connectivity index (χ4v) is 10.8. The van der Waals surface area contributed by atoms with Crippen LogP contribution in [0.15, 0.2) is 46.1 Å². The number of nitrogens with two attached hydrogens (primary N) is 2. The van der Waals surface area contributed by atoms with Crippen LogP contribution in [-0.2, 0) is 57.0 Å². The number of ether oxygens (including phenoxy) is 10. The molecule has 3 fully saturated rings. The molecule has 0 aromatic carbocycles. The maximum Gasteiger partial charge on any atom is 0.321 e. The van der Waals surface area contributed by atoms with E-state index in [1.54, 1.807) is 0 Å². The third-order valence-electron chi connectivity index (χ3n) is 13.6. The van der Waals surface area contributed by atoms with Gasteiger partial charge in [-0.05, 0) is 12.2 Å². The number of aliphatic carboxylic acids is 2. The van der Waals surface area contributed by atoms with Gasteiger partial charge in [0.2, 0.25) is 25.2 Å². The van der Waals surface area contributed by atoms with E-state index < -0.39 is 271 Å². The van der Waals surface area contributed by atoms with Crippen molar-refractivity contribution in [2.75, 3.05) is 56.0 Å². The SMILES string of the molecule is N[C@H](CSCC[C@H]1O[C@H](O)/C(O)=C(\O)[C@@H](CCO)O[C@H](O)/C(O)=C(\O)[C@@H](CCO)O[C@H]2OC(CSC[C@@H](N)C(=O)O)[C@@H](O[C@@H]3C[C@@H](O)[C@H](O[C@H]4OC(CO)[C@@H](O[C@@H](O)/C(O)=C(\O)[C@@H](CCO)O[C@H](O)C(O)=C1O)C(O)C4O)C(CO)O3)[C@H](O)C2O)C(=O)O. The van der Waals surface area contributed by atoms with Crippen molar-refractivity contribution >= 4 is 35.5 Å². The highest BCUT2D eigenvalue weighted by Crippen LogP contribution is 2.36. The molecule has 0 spiro atoms. The molecule has 6 unspecified atom stereocenters. The van der Waals surface area contributed by atoms with E-state index in [2.05, 4.69) is 0 Å². The van der Waals surface area contributed by atoms with Crippen molar-refractivity contribution in [1.29, 1.82) is 0 Å². The molecule has 40 heteroatoms. The van der Waals surface area contributed by atoms with Gasteiger partial charge in [-0.3, -0.25) is 9.59 Å². The van der Waals surface area contributed by atoms with Crippen molar-refractivity contribution in [3.05, 3.63) is 46.1 Å². The number of aliphatic hydroxyl groups excluding tert-OH is 22. The van der Waals surface area contributed by atoms with Crippen LogP contribution in [0.1, 0.15) is 32.1 Å². The number of thioether (sulfide) groups is 2. The summed E-state index contributed by atoms with van der Waals surface area (Å²) in [6, 6.07) is -2.92. The molecule has 510 valence electrons. The lowest BCUT2D eigenvalue weighted by Gasteiger charge is -2.47. The maximum atomic E-state index is 11.6. The zero-order valence-electron chi connectivity index (χ0n) is 46.4. The lowest BCUT2D eigenvalue weighted by Crippen LogP contribution is -2.64. The Morgan fingerprint density at radius 2 is 0.784 bits per heavy atom. The van der Waals surface area contributed by atoms with Gasteiger partial charge in [0.25, 0.3) is 0 Å². The van der Waals surface area contributed by atoms with Gasteiger partial charge in [0.15, 0.2) is 64.9 Å². The van der Waals surface area contributed by atoms with Gasteiger partial charge in [0.05, 0.1) is 25.4 Å². The van der Waals surface area contributed by atoms with E-state index in [0.717, 1.165) is 23.5 Å². The van der Waals surface area contributed by atoms with Gasteiger partial charge in [0, 0.05) is 62.8 Å². The Kier molecular flexibility index (Phi) is 31.5. The summed E-state index contributed by atoms with van der Waals surface area (Å²) < 4.78 is 55.7. The summed E-state index contributed by atoms with van der Waals surface area (Å²) in [4.78, 5) is 22.9. The predicted molar refractivity (Wildman–Crippen MR) is 288 cm³/mol. The summed E-state index contributed by atoms with van der Waals surface area (Å²) in [7, 11) is 0. The monoisotopic (exact) mass is 1320 g/mol. The van der Waals surface area contributed by atoms with Crippen LogP contribution in [0.25, 0.3) is 0 Å². The van der Waals surface area contributed by atoms with Crippen molar-refractivity contribution in [1.82, 2.24) is 0 Å². The normalized spacial score (nSPS) is 40.2. The number of carboxylic acids is 2. The van der Waals surface area contributed by atoms with Gasteiger partial charge in [-0.15, -0.1) is 0 Å². The zero-order valence-corrected chi connectivity index (χ0v) is 48.0. The minimum atomic E-state index is -2.87. The molecule has 0 amide bonds. The Bertz CT molecular complexity index is 2310. The molecule has 0 aromatic rings. The average Bonchev–Trinajstić information content (AvgIpc) is 2.39. The molecule has 0 radical (unpaired) electrons. The highest BCUT2D eigenvalue weighted by atomic mass is 32.2. The standard InChI is InChI=1S/C48H80N2O36S2/c49-15(41(69)70)12-87-8-4-21-29(60)34(65)44(74)79-19(2-6-52)27(58)35(66)46(76)85-39-23(11-55)82-48(37(68)30(39)61)86-38-17(56)9-25(77-22(38)10-54)84-40-24(14-88-13-16(50)42(71)72)83-47(36(67)31(40)62)81-20(3-7-53)28(59)33(64)43(73)78-18(1-5-51)26(57)32(63)45(75)80-21/h15-25,30-31,36-40,43-48,51-68,73-76H,1-14,49-50H2,(H,69,70)(H,71,72)/b32-26+,33-28+,34-29?,35-27+/t15-,16-,17-,18-,19-,20-,21-,22?,23?,24?,25-,30?,31-,36?,37?,38+,39-,40-,43+,44+,45+,46-,47+,48-/m1/s1. The number of carboxylic acid groups (broad SMARTS) is 2. The highest BCUT2D eigenvalue weighted by Gasteiger charge is 2.53. The van der Waals surface area contributed by atoms with Gasteiger partial charge in [-0.25, -0.2) is 0 Å².